The average Bonchev–Trinajstić information content (AvgIpc) is 2.46. The van der Waals surface area contributed by atoms with Crippen LogP contribution in [0.1, 0.15) is 24.7 Å². The maximum atomic E-state index is 9.87. The van der Waals surface area contributed by atoms with Gasteiger partial charge in [-0.2, -0.15) is 16.9 Å². The van der Waals surface area contributed by atoms with Crippen LogP contribution in [0.15, 0.2) is 0 Å². The minimum atomic E-state index is -0.327. The van der Waals surface area contributed by atoms with Crippen molar-refractivity contribution in [3.63, 3.8) is 0 Å². The molecule has 3 nitrogen and oxygen atoms in total. The lowest BCUT2D eigenvalue weighted by Crippen LogP contribution is -2.14. The number of nitrogens with zero attached hydrogens (tertiary/aromatic N) is 2. The first kappa shape index (κ1) is 13.9. The maximum absolute atomic E-state index is 9.87. The standard InChI is InChI=1S/C11H19ClN2OS/c1-4-16-6-5-9(15)7-10-11(12)8(2)13-14(10)3/h9,15H,4-7H2,1-3H3. The van der Waals surface area contributed by atoms with Gasteiger partial charge in [-0.3, -0.25) is 4.68 Å². The van der Waals surface area contributed by atoms with Crippen LogP contribution in [0.2, 0.25) is 5.02 Å². The van der Waals surface area contributed by atoms with Crippen LogP contribution in [-0.2, 0) is 13.5 Å². The van der Waals surface area contributed by atoms with Gasteiger partial charge in [0.05, 0.1) is 22.5 Å². The molecule has 0 amide bonds. The summed E-state index contributed by atoms with van der Waals surface area (Å²) in [4.78, 5) is 0. The zero-order valence-electron chi connectivity index (χ0n) is 10.0. The Bertz CT molecular complexity index is 341. The molecule has 1 rings (SSSR count). The predicted octanol–water partition coefficient (Wildman–Crippen LogP) is 2.43. The third-order valence-electron chi connectivity index (χ3n) is 2.49. The molecule has 0 spiro atoms. The Morgan fingerprint density at radius 3 is 2.75 bits per heavy atom. The van der Waals surface area contributed by atoms with Crippen molar-refractivity contribution in [2.75, 3.05) is 11.5 Å². The van der Waals surface area contributed by atoms with Gasteiger partial charge in [0.25, 0.3) is 0 Å². The van der Waals surface area contributed by atoms with Crippen molar-refractivity contribution < 1.29 is 5.11 Å². The summed E-state index contributed by atoms with van der Waals surface area (Å²) in [7, 11) is 1.86. The molecule has 0 aliphatic heterocycles. The van der Waals surface area contributed by atoms with Gasteiger partial charge in [0.15, 0.2) is 0 Å². The molecule has 0 bridgehead atoms. The molecule has 1 aromatic rings. The molecule has 5 heteroatoms. The van der Waals surface area contributed by atoms with Crippen LogP contribution >= 0.6 is 23.4 Å². The minimum Gasteiger partial charge on any atom is -0.393 e. The van der Waals surface area contributed by atoms with Crippen molar-refractivity contribution in [3.8, 4) is 0 Å². The van der Waals surface area contributed by atoms with Gasteiger partial charge in [0.1, 0.15) is 0 Å². The van der Waals surface area contributed by atoms with E-state index in [2.05, 4.69) is 12.0 Å². The number of aliphatic hydroxyl groups is 1. The fraction of sp³-hybridized carbons (Fsp3) is 0.727. The van der Waals surface area contributed by atoms with E-state index < -0.39 is 0 Å². The molecule has 1 unspecified atom stereocenters. The van der Waals surface area contributed by atoms with E-state index in [0.29, 0.717) is 11.4 Å². The summed E-state index contributed by atoms with van der Waals surface area (Å²) < 4.78 is 1.76. The third-order valence-corrected chi connectivity index (χ3v) is 3.91. The summed E-state index contributed by atoms with van der Waals surface area (Å²) in [6.07, 6.45) is 1.06. The number of rotatable bonds is 6. The molecule has 0 saturated heterocycles. The molecule has 0 fully saturated rings. The van der Waals surface area contributed by atoms with Gasteiger partial charge in [0.2, 0.25) is 0 Å². The maximum Gasteiger partial charge on any atom is 0.0847 e. The van der Waals surface area contributed by atoms with E-state index >= 15 is 0 Å². The van der Waals surface area contributed by atoms with Crippen molar-refractivity contribution in [1.82, 2.24) is 9.78 Å². The lowest BCUT2D eigenvalue weighted by Gasteiger charge is -2.10. The Kier molecular flexibility index (Phi) is 5.66. The predicted molar refractivity (Wildman–Crippen MR) is 70.3 cm³/mol. The Balaban J connectivity index is 2.52. The van der Waals surface area contributed by atoms with E-state index in [1.54, 1.807) is 4.68 Å². The molecule has 1 N–H and O–H groups in total. The second kappa shape index (κ2) is 6.52. The van der Waals surface area contributed by atoms with Gasteiger partial charge in [-0.15, -0.1) is 0 Å². The van der Waals surface area contributed by atoms with E-state index in [1.165, 1.54) is 0 Å². The topological polar surface area (TPSA) is 38.1 Å². The summed E-state index contributed by atoms with van der Waals surface area (Å²) >= 11 is 7.96. The van der Waals surface area contributed by atoms with Crippen LogP contribution < -0.4 is 0 Å². The average molecular weight is 263 g/mol. The molecule has 0 aromatic carbocycles. The van der Waals surface area contributed by atoms with Gasteiger partial charge in [-0.25, -0.2) is 0 Å². The van der Waals surface area contributed by atoms with Crippen LogP contribution in [0.3, 0.4) is 0 Å². The quantitative estimate of drug-likeness (QED) is 0.801. The van der Waals surface area contributed by atoms with Crippen molar-refractivity contribution in [3.05, 3.63) is 16.4 Å². The van der Waals surface area contributed by atoms with E-state index in [9.17, 15) is 5.11 Å². The highest BCUT2D eigenvalue weighted by Crippen LogP contribution is 2.21. The van der Waals surface area contributed by atoms with E-state index in [4.69, 9.17) is 11.6 Å². The number of hydrogen-bond acceptors (Lipinski definition) is 3. The summed E-state index contributed by atoms with van der Waals surface area (Å²) in [5, 5.41) is 14.8. The molecule has 0 aliphatic rings. The monoisotopic (exact) mass is 262 g/mol. The van der Waals surface area contributed by atoms with E-state index in [1.807, 2.05) is 25.7 Å². The molecule has 1 atom stereocenters. The Morgan fingerprint density at radius 1 is 1.56 bits per heavy atom. The number of thioether (sulfide) groups is 1. The normalized spacial score (nSPS) is 13.1. The van der Waals surface area contributed by atoms with Gasteiger partial charge < -0.3 is 5.11 Å². The fourth-order valence-electron chi connectivity index (χ4n) is 1.59. The van der Waals surface area contributed by atoms with Gasteiger partial charge in [-0.05, 0) is 24.9 Å². The summed E-state index contributed by atoms with van der Waals surface area (Å²) in [6.45, 7) is 4.00. The lowest BCUT2D eigenvalue weighted by molar-refractivity contribution is 0.169. The lowest BCUT2D eigenvalue weighted by atomic mass is 10.1. The fourth-order valence-corrected chi connectivity index (χ4v) is 2.56. The summed E-state index contributed by atoms with van der Waals surface area (Å²) in [5.74, 6) is 2.09. The van der Waals surface area contributed by atoms with Gasteiger partial charge >= 0.3 is 0 Å². The van der Waals surface area contributed by atoms with E-state index in [0.717, 1.165) is 29.3 Å². The Morgan fingerprint density at radius 2 is 2.25 bits per heavy atom. The first-order valence-electron chi connectivity index (χ1n) is 5.50. The summed E-state index contributed by atoms with van der Waals surface area (Å²) in [5.41, 5.74) is 1.75. The molecule has 0 saturated carbocycles. The second-order valence-corrected chi connectivity index (χ2v) is 5.59. The van der Waals surface area contributed by atoms with Crippen LogP contribution in [0, 0.1) is 6.92 Å². The number of aryl methyl sites for hydroxylation is 2. The number of aliphatic hydroxyl groups excluding tert-OH is 1. The van der Waals surface area contributed by atoms with Crippen LogP contribution in [0.4, 0.5) is 0 Å². The molecule has 0 radical (unpaired) electrons. The van der Waals surface area contributed by atoms with Crippen molar-refractivity contribution in [2.45, 2.75) is 32.8 Å². The summed E-state index contributed by atoms with van der Waals surface area (Å²) in [6, 6.07) is 0. The highest BCUT2D eigenvalue weighted by molar-refractivity contribution is 7.99. The largest absolute Gasteiger partial charge is 0.393 e. The zero-order chi connectivity index (χ0) is 12.1. The number of hydrogen-bond donors (Lipinski definition) is 1. The molecule has 0 aliphatic carbocycles. The SMILES string of the molecule is CCSCCC(O)Cc1c(Cl)c(C)nn1C. The van der Waals surface area contributed by atoms with E-state index in [-0.39, 0.29) is 6.10 Å². The molecule has 1 heterocycles. The van der Waals surface area contributed by atoms with Crippen LogP contribution in [0.5, 0.6) is 0 Å². The highest BCUT2D eigenvalue weighted by Gasteiger charge is 2.14. The Labute approximate surface area is 106 Å². The highest BCUT2D eigenvalue weighted by atomic mass is 35.5. The second-order valence-electron chi connectivity index (χ2n) is 3.81. The smallest absolute Gasteiger partial charge is 0.0847 e. The van der Waals surface area contributed by atoms with Gasteiger partial charge in [-0.1, -0.05) is 18.5 Å². The van der Waals surface area contributed by atoms with Gasteiger partial charge in [0, 0.05) is 13.5 Å². The number of halogens is 1. The first-order chi connectivity index (χ1) is 7.56. The third kappa shape index (κ3) is 3.68. The first-order valence-corrected chi connectivity index (χ1v) is 7.03. The number of aromatic nitrogens is 2. The zero-order valence-corrected chi connectivity index (χ0v) is 11.6. The van der Waals surface area contributed by atoms with Crippen LogP contribution in [-0.4, -0.2) is 32.5 Å². The molecule has 1 aromatic heterocycles. The van der Waals surface area contributed by atoms with Crippen molar-refractivity contribution >= 4 is 23.4 Å². The minimum absolute atomic E-state index is 0.327. The molecule has 92 valence electrons. The van der Waals surface area contributed by atoms with Crippen molar-refractivity contribution in [2.24, 2.45) is 7.05 Å². The van der Waals surface area contributed by atoms with Crippen molar-refractivity contribution in [1.29, 1.82) is 0 Å². The molecule has 16 heavy (non-hydrogen) atoms. The Hall–Kier alpha value is -0.190. The molecular formula is C11H19ClN2OS. The van der Waals surface area contributed by atoms with Crippen LogP contribution in [0.25, 0.3) is 0 Å². The molecular weight excluding hydrogens is 244 g/mol.